The Hall–Kier alpha value is -1.36. The number of aryl methyl sites for hydroxylation is 1. The molecule has 2 aromatic rings. The van der Waals surface area contributed by atoms with Crippen molar-refractivity contribution in [2.24, 2.45) is 0 Å². The molecule has 0 radical (unpaired) electrons. The van der Waals surface area contributed by atoms with E-state index >= 15 is 0 Å². The molecular formula is C18H27Cl2N3O5S. The molecule has 0 saturated carbocycles. The van der Waals surface area contributed by atoms with Crippen LogP contribution in [0.25, 0.3) is 11.0 Å². The molecule has 164 valence electrons. The Morgan fingerprint density at radius 3 is 2.62 bits per heavy atom. The average molecular weight is 468 g/mol. The molecule has 1 aromatic heterocycles. The molecule has 8 nitrogen and oxygen atoms in total. The maximum Gasteiger partial charge on any atom is 0.374 e. The number of halogens is 2. The predicted molar refractivity (Wildman–Crippen MR) is 116 cm³/mol. The molecule has 0 aliphatic carbocycles. The van der Waals surface area contributed by atoms with Gasteiger partial charge in [0.05, 0.1) is 11.5 Å². The van der Waals surface area contributed by atoms with Crippen molar-refractivity contribution in [3.05, 3.63) is 29.5 Å². The van der Waals surface area contributed by atoms with Crippen molar-refractivity contribution in [2.45, 2.75) is 18.7 Å². The summed E-state index contributed by atoms with van der Waals surface area (Å²) in [6.07, 6.45) is 0. The SMILES string of the molecule is CCOC(=O)c1oc2ccc(S(=O)(=O)NCCN3CCNCC3)cc2c1C.Cl.Cl. The third-order valence-electron chi connectivity index (χ3n) is 4.61. The molecule has 1 fully saturated rings. The van der Waals surface area contributed by atoms with Crippen molar-refractivity contribution in [1.82, 2.24) is 14.9 Å². The Labute approximate surface area is 183 Å². The van der Waals surface area contributed by atoms with Gasteiger partial charge < -0.3 is 14.5 Å². The number of rotatable bonds is 7. The minimum atomic E-state index is -3.64. The van der Waals surface area contributed by atoms with E-state index in [0.717, 1.165) is 26.2 Å². The number of esters is 1. The number of carbonyl (C=O) groups is 1. The minimum Gasteiger partial charge on any atom is -0.460 e. The maximum absolute atomic E-state index is 12.6. The van der Waals surface area contributed by atoms with Gasteiger partial charge in [-0.2, -0.15) is 0 Å². The molecule has 3 rings (SSSR count). The summed E-state index contributed by atoms with van der Waals surface area (Å²) in [5, 5.41) is 3.85. The Morgan fingerprint density at radius 1 is 1.28 bits per heavy atom. The predicted octanol–water partition coefficient (Wildman–Crippen LogP) is 1.95. The summed E-state index contributed by atoms with van der Waals surface area (Å²) < 4.78 is 38.4. The molecule has 0 spiro atoms. The Bertz CT molecular complexity index is 927. The van der Waals surface area contributed by atoms with Crippen LogP contribution in [0.15, 0.2) is 27.5 Å². The van der Waals surface area contributed by atoms with Crippen LogP contribution in [0, 0.1) is 6.92 Å². The highest BCUT2D eigenvalue weighted by molar-refractivity contribution is 7.89. The maximum atomic E-state index is 12.6. The van der Waals surface area contributed by atoms with Crippen molar-refractivity contribution >= 4 is 51.8 Å². The zero-order valence-corrected chi connectivity index (χ0v) is 18.8. The van der Waals surface area contributed by atoms with Gasteiger partial charge in [0.25, 0.3) is 0 Å². The summed E-state index contributed by atoms with van der Waals surface area (Å²) in [6.45, 7) is 8.36. The first-order valence-electron chi connectivity index (χ1n) is 9.05. The average Bonchev–Trinajstić information content (AvgIpc) is 2.99. The molecule has 1 aromatic carbocycles. The molecule has 2 heterocycles. The number of nitrogens with one attached hydrogen (secondary N) is 2. The minimum absolute atomic E-state index is 0. The number of benzene rings is 1. The molecule has 1 saturated heterocycles. The Morgan fingerprint density at radius 2 is 1.97 bits per heavy atom. The van der Waals surface area contributed by atoms with E-state index in [1.54, 1.807) is 19.9 Å². The molecular weight excluding hydrogens is 441 g/mol. The number of sulfonamides is 1. The second-order valence-corrected chi connectivity index (χ2v) is 8.19. The summed E-state index contributed by atoms with van der Waals surface area (Å²) in [7, 11) is -3.64. The number of fused-ring (bicyclic) bond motifs is 1. The summed E-state index contributed by atoms with van der Waals surface area (Å²) in [4.78, 5) is 14.3. The zero-order chi connectivity index (χ0) is 19.4. The standard InChI is InChI=1S/C18H25N3O5S.2ClH/c1-3-25-18(22)17-13(2)15-12-14(4-5-16(15)26-17)27(23,24)20-8-11-21-9-6-19-7-10-21;;/h4-5,12,19-20H,3,6-11H2,1-2H3;2*1H. The van der Waals surface area contributed by atoms with E-state index in [0.29, 0.717) is 29.6 Å². The van der Waals surface area contributed by atoms with Crippen LogP contribution in [0.5, 0.6) is 0 Å². The topological polar surface area (TPSA) is 101 Å². The van der Waals surface area contributed by atoms with Gasteiger partial charge in [0.2, 0.25) is 15.8 Å². The Kier molecular flexibility index (Phi) is 9.87. The van der Waals surface area contributed by atoms with E-state index in [9.17, 15) is 13.2 Å². The van der Waals surface area contributed by atoms with Crippen LogP contribution in [0.4, 0.5) is 0 Å². The lowest BCUT2D eigenvalue weighted by molar-refractivity contribution is 0.0491. The summed E-state index contributed by atoms with van der Waals surface area (Å²) >= 11 is 0. The van der Waals surface area contributed by atoms with Gasteiger partial charge >= 0.3 is 5.97 Å². The van der Waals surface area contributed by atoms with Crippen molar-refractivity contribution in [1.29, 1.82) is 0 Å². The van der Waals surface area contributed by atoms with E-state index in [1.807, 2.05) is 0 Å². The zero-order valence-electron chi connectivity index (χ0n) is 16.4. The van der Waals surface area contributed by atoms with E-state index in [1.165, 1.54) is 12.1 Å². The summed E-state index contributed by atoms with van der Waals surface area (Å²) in [6, 6.07) is 4.58. The van der Waals surface area contributed by atoms with Gasteiger partial charge in [0.1, 0.15) is 5.58 Å². The van der Waals surface area contributed by atoms with Crippen molar-refractivity contribution < 1.29 is 22.4 Å². The van der Waals surface area contributed by atoms with Crippen molar-refractivity contribution in [2.75, 3.05) is 45.9 Å². The monoisotopic (exact) mass is 467 g/mol. The first-order valence-corrected chi connectivity index (χ1v) is 10.5. The van der Waals surface area contributed by atoms with E-state index < -0.39 is 16.0 Å². The van der Waals surface area contributed by atoms with Crippen LogP contribution in [-0.2, 0) is 14.8 Å². The fourth-order valence-corrected chi connectivity index (χ4v) is 4.16. The van der Waals surface area contributed by atoms with Crippen LogP contribution in [-0.4, -0.2) is 65.2 Å². The largest absolute Gasteiger partial charge is 0.460 e. The van der Waals surface area contributed by atoms with Gasteiger partial charge in [0, 0.05) is 50.2 Å². The molecule has 0 bridgehead atoms. The highest BCUT2D eigenvalue weighted by Crippen LogP contribution is 2.28. The normalized spacial score (nSPS) is 14.8. The second-order valence-electron chi connectivity index (χ2n) is 6.42. The van der Waals surface area contributed by atoms with Gasteiger partial charge in [-0.3, -0.25) is 4.90 Å². The molecule has 11 heteroatoms. The molecule has 2 N–H and O–H groups in total. The molecule has 1 aliphatic heterocycles. The number of hydrogen-bond donors (Lipinski definition) is 2. The fraction of sp³-hybridized carbons (Fsp3) is 0.500. The lowest BCUT2D eigenvalue weighted by atomic mass is 10.1. The number of hydrogen-bond acceptors (Lipinski definition) is 7. The molecule has 0 unspecified atom stereocenters. The van der Waals surface area contributed by atoms with Gasteiger partial charge in [0.15, 0.2) is 0 Å². The number of ether oxygens (including phenoxy) is 1. The molecule has 29 heavy (non-hydrogen) atoms. The van der Waals surface area contributed by atoms with Crippen LogP contribution in [0.3, 0.4) is 0 Å². The summed E-state index contributed by atoms with van der Waals surface area (Å²) in [5.74, 6) is -0.446. The van der Waals surface area contributed by atoms with Gasteiger partial charge in [-0.1, -0.05) is 0 Å². The van der Waals surface area contributed by atoms with Crippen molar-refractivity contribution in [3.63, 3.8) is 0 Å². The smallest absolute Gasteiger partial charge is 0.374 e. The quantitative estimate of drug-likeness (QED) is 0.599. The molecule has 1 aliphatic rings. The number of piperazine rings is 1. The third-order valence-corrected chi connectivity index (χ3v) is 6.07. The lowest BCUT2D eigenvalue weighted by Gasteiger charge is -2.27. The Balaban J connectivity index is 0.00000210. The number of nitrogens with zero attached hydrogens (tertiary/aromatic N) is 1. The highest BCUT2D eigenvalue weighted by Gasteiger charge is 2.21. The van der Waals surface area contributed by atoms with Gasteiger partial charge in [-0.25, -0.2) is 17.9 Å². The van der Waals surface area contributed by atoms with Crippen LogP contribution in [0.2, 0.25) is 0 Å². The second kappa shape index (κ2) is 11.1. The van der Waals surface area contributed by atoms with Crippen molar-refractivity contribution in [3.8, 4) is 0 Å². The number of carbonyl (C=O) groups excluding carboxylic acids is 1. The lowest BCUT2D eigenvalue weighted by Crippen LogP contribution is -2.46. The van der Waals surface area contributed by atoms with Gasteiger partial charge in [-0.15, -0.1) is 24.8 Å². The summed E-state index contributed by atoms with van der Waals surface area (Å²) in [5.41, 5.74) is 1.02. The van der Waals surface area contributed by atoms with E-state index in [4.69, 9.17) is 9.15 Å². The molecule has 0 amide bonds. The van der Waals surface area contributed by atoms with E-state index in [-0.39, 0.29) is 42.1 Å². The fourth-order valence-electron chi connectivity index (χ4n) is 3.11. The highest BCUT2D eigenvalue weighted by atomic mass is 35.5. The van der Waals surface area contributed by atoms with Crippen LogP contribution < -0.4 is 10.0 Å². The van der Waals surface area contributed by atoms with Gasteiger partial charge in [-0.05, 0) is 32.0 Å². The van der Waals surface area contributed by atoms with Crippen LogP contribution in [0.1, 0.15) is 23.0 Å². The number of furan rings is 1. The first-order chi connectivity index (χ1) is 12.9. The molecule has 0 atom stereocenters. The van der Waals surface area contributed by atoms with Crippen LogP contribution >= 0.6 is 24.8 Å². The third kappa shape index (κ3) is 6.07. The van der Waals surface area contributed by atoms with E-state index in [2.05, 4.69) is 14.9 Å². The first kappa shape index (κ1) is 25.7.